The minimum Gasteiger partial charge on any atom is -0.465 e. The number of halogens is 3. The molecule has 13 heteroatoms. The number of benzene rings is 1. The molecule has 0 aliphatic carbocycles. The molecule has 3 heterocycles. The van der Waals surface area contributed by atoms with Crippen LogP contribution in [-0.2, 0) is 11.3 Å². The number of hydrogen-bond donors (Lipinski definition) is 3. The molecule has 0 atom stereocenters. The molecule has 3 aromatic rings. The molecule has 1 aromatic carbocycles. The zero-order valence-corrected chi connectivity index (χ0v) is 17.3. The number of aromatic nitrogens is 3. The molecule has 33 heavy (non-hydrogen) atoms. The van der Waals surface area contributed by atoms with Crippen LogP contribution in [0.15, 0.2) is 36.5 Å². The summed E-state index contributed by atoms with van der Waals surface area (Å²) in [6.45, 7) is 2.45. The second-order valence-electron chi connectivity index (χ2n) is 7.39. The van der Waals surface area contributed by atoms with Gasteiger partial charge in [0.05, 0.1) is 35.0 Å². The molecule has 3 N–H and O–H groups in total. The maximum atomic E-state index is 12.5. The SMILES string of the molecule is CC(=O)NC1CN(c2ccnc3c2c(CNC(=O)O)nn3-c2ccc(OC(F)(F)F)cc2)C1. The Kier molecular flexibility index (Phi) is 5.70. The van der Waals surface area contributed by atoms with Crippen molar-refractivity contribution >= 4 is 28.7 Å². The van der Waals surface area contributed by atoms with Crippen molar-refractivity contribution in [2.75, 3.05) is 18.0 Å². The summed E-state index contributed by atoms with van der Waals surface area (Å²) < 4.78 is 42.7. The van der Waals surface area contributed by atoms with Gasteiger partial charge in [-0.15, -0.1) is 13.2 Å². The van der Waals surface area contributed by atoms with E-state index < -0.39 is 12.5 Å². The van der Waals surface area contributed by atoms with Gasteiger partial charge in [-0.3, -0.25) is 4.79 Å². The Bertz CT molecular complexity index is 1190. The molecule has 0 unspecified atom stereocenters. The van der Waals surface area contributed by atoms with Crippen molar-refractivity contribution in [2.45, 2.75) is 25.9 Å². The van der Waals surface area contributed by atoms with E-state index in [1.807, 2.05) is 4.90 Å². The van der Waals surface area contributed by atoms with Crippen LogP contribution in [0.5, 0.6) is 5.75 Å². The van der Waals surface area contributed by atoms with Gasteiger partial charge in [-0.25, -0.2) is 14.5 Å². The number of alkyl halides is 3. The first kappa shape index (κ1) is 22.2. The van der Waals surface area contributed by atoms with Gasteiger partial charge in [0, 0.05) is 26.2 Å². The quantitative estimate of drug-likeness (QED) is 0.512. The van der Waals surface area contributed by atoms with Crippen molar-refractivity contribution in [3.63, 3.8) is 0 Å². The smallest absolute Gasteiger partial charge is 0.465 e. The van der Waals surface area contributed by atoms with Crippen LogP contribution in [-0.4, -0.2) is 57.4 Å². The molecule has 2 aromatic heterocycles. The Morgan fingerprint density at radius 1 is 1.21 bits per heavy atom. The topological polar surface area (TPSA) is 122 Å². The molecule has 1 aliphatic rings. The number of amides is 2. The first-order chi connectivity index (χ1) is 15.6. The van der Waals surface area contributed by atoms with Crippen LogP contribution < -0.4 is 20.3 Å². The van der Waals surface area contributed by atoms with E-state index in [4.69, 9.17) is 5.11 Å². The number of fused-ring (bicyclic) bond motifs is 1. The third-order valence-electron chi connectivity index (χ3n) is 4.97. The molecule has 10 nitrogen and oxygen atoms in total. The predicted octanol–water partition coefficient (Wildman–Crippen LogP) is 2.41. The highest BCUT2D eigenvalue weighted by Crippen LogP contribution is 2.33. The number of carbonyl (C=O) groups is 2. The standard InChI is InChI=1S/C20H19F3N6O4/c1-11(30)26-12-9-28(10-12)16-6-7-24-18-17(16)15(8-25-19(31)32)27-29(18)13-2-4-14(5-3-13)33-20(21,22)23/h2-7,12,25H,8-10H2,1H3,(H,26,30)(H,31,32). The molecule has 4 rings (SSSR count). The van der Waals surface area contributed by atoms with E-state index in [0.29, 0.717) is 35.5 Å². The molecule has 1 aliphatic heterocycles. The Labute approximate surface area is 184 Å². The van der Waals surface area contributed by atoms with Gasteiger partial charge in [0.15, 0.2) is 5.65 Å². The first-order valence-corrected chi connectivity index (χ1v) is 9.82. The molecule has 0 spiro atoms. The molecular formula is C20H19F3N6O4. The van der Waals surface area contributed by atoms with Gasteiger partial charge in [-0.1, -0.05) is 0 Å². The van der Waals surface area contributed by atoms with Crippen molar-refractivity contribution in [2.24, 2.45) is 0 Å². The summed E-state index contributed by atoms with van der Waals surface area (Å²) in [5.41, 5.74) is 1.98. The Morgan fingerprint density at radius 2 is 1.91 bits per heavy atom. The third-order valence-corrected chi connectivity index (χ3v) is 4.97. The second-order valence-corrected chi connectivity index (χ2v) is 7.39. The highest BCUT2D eigenvalue weighted by Gasteiger charge is 2.32. The normalized spacial score (nSPS) is 14.1. The summed E-state index contributed by atoms with van der Waals surface area (Å²) in [6, 6.07) is 6.86. The summed E-state index contributed by atoms with van der Waals surface area (Å²) in [5.74, 6) is -0.509. The van der Waals surface area contributed by atoms with Gasteiger partial charge < -0.3 is 25.4 Å². The lowest BCUT2D eigenvalue weighted by atomic mass is 10.1. The highest BCUT2D eigenvalue weighted by molar-refractivity contribution is 5.93. The van der Waals surface area contributed by atoms with E-state index in [1.165, 1.54) is 23.7 Å². The lowest BCUT2D eigenvalue weighted by molar-refractivity contribution is -0.274. The number of carbonyl (C=O) groups excluding carboxylic acids is 1. The van der Waals surface area contributed by atoms with E-state index in [9.17, 15) is 22.8 Å². The van der Waals surface area contributed by atoms with Crippen LogP contribution in [0.25, 0.3) is 16.7 Å². The molecule has 0 radical (unpaired) electrons. The van der Waals surface area contributed by atoms with Crippen molar-refractivity contribution in [1.82, 2.24) is 25.4 Å². The minimum atomic E-state index is -4.81. The van der Waals surface area contributed by atoms with Crippen LogP contribution in [0.3, 0.4) is 0 Å². The molecule has 174 valence electrons. The van der Waals surface area contributed by atoms with E-state index in [0.717, 1.165) is 17.8 Å². The molecule has 0 saturated carbocycles. The largest absolute Gasteiger partial charge is 0.573 e. The van der Waals surface area contributed by atoms with Crippen LogP contribution in [0.2, 0.25) is 0 Å². The van der Waals surface area contributed by atoms with E-state index in [2.05, 4.69) is 25.5 Å². The lowest BCUT2D eigenvalue weighted by Crippen LogP contribution is -2.59. The van der Waals surface area contributed by atoms with Crippen LogP contribution in [0.1, 0.15) is 12.6 Å². The maximum Gasteiger partial charge on any atom is 0.573 e. The van der Waals surface area contributed by atoms with E-state index in [-0.39, 0.29) is 24.2 Å². The molecule has 1 fully saturated rings. The molecule has 2 amide bonds. The number of carboxylic acid groups (broad SMARTS) is 1. The van der Waals surface area contributed by atoms with Crippen LogP contribution in [0.4, 0.5) is 23.7 Å². The van der Waals surface area contributed by atoms with Gasteiger partial charge >= 0.3 is 12.5 Å². The van der Waals surface area contributed by atoms with Crippen LogP contribution >= 0.6 is 0 Å². The van der Waals surface area contributed by atoms with E-state index in [1.54, 1.807) is 12.3 Å². The first-order valence-electron chi connectivity index (χ1n) is 9.82. The number of pyridine rings is 1. The number of nitrogens with one attached hydrogen (secondary N) is 2. The van der Waals surface area contributed by atoms with E-state index >= 15 is 0 Å². The maximum absolute atomic E-state index is 12.5. The van der Waals surface area contributed by atoms with Crippen molar-refractivity contribution in [3.05, 3.63) is 42.2 Å². The fourth-order valence-corrected chi connectivity index (χ4v) is 3.67. The number of anilines is 1. The fraction of sp³-hybridized carbons (Fsp3) is 0.300. The fourth-order valence-electron chi connectivity index (χ4n) is 3.67. The minimum absolute atomic E-state index is 0.0115. The average Bonchev–Trinajstić information content (AvgIpc) is 3.07. The number of hydrogen-bond acceptors (Lipinski definition) is 6. The zero-order chi connectivity index (χ0) is 23.8. The highest BCUT2D eigenvalue weighted by atomic mass is 19.4. The number of rotatable bonds is 6. The second kappa shape index (κ2) is 8.48. The lowest BCUT2D eigenvalue weighted by Gasteiger charge is -2.41. The molecule has 0 bridgehead atoms. The Hall–Kier alpha value is -4.03. The summed E-state index contributed by atoms with van der Waals surface area (Å²) in [5, 5.41) is 19.2. The number of nitrogens with zero attached hydrogens (tertiary/aromatic N) is 4. The van der Waals surface area contributed by atoms with Crippen molar-refractivity contribution in [3.8, 4) is 11.4 Å². The van der Waals surface area contributed by atoms with Gasteiger partial charge in [-0.05, 0) is 30.3 Å². The summed E-state index contributed by atoms with van der Waals surface area (Å²) in [7, 11) is 0. The number of ether oxygens (including phenoxy) is 1. The molecule has 1 saturated heterocycles. The van der Waals surface area contributed by atoms with Crippen LogP contribution in [0, 0.1) is 0 Å². The summed E-state index contributed by atoms with van der Waals surface area (Å²) >= 11 is 0. The van der Waals surface area contributed by atoms with Crippen molar-refractivity contribution in [1.29, 1.82) is 0 Å². The monoisotopic (exact) mass is 464 g/mol. The molecular weight excluding hydrogens is 445 g/mol. The van der Waals surface area contributed by atoms with Gasteiger partial charge in [0.2, 0.25) is 5.91 Å². The average molecular weight is 464 g/mol. The van der Waals surface area contributed by atoms with Gasteiger partial charge in [0.25, 0.3) is 0 Å². The zero-order valence-electron chi connectivity index (χ0n) is 17.3. The predicted molar refractivity (Wildman–Crippen MR) is 110 cm³/mol. The summed E-state index contributed by atoms with van der Waals surface area (Å²) in [6.07, 6.45) is -4.47. The van der Waals surface area contributed by atoms with Gasteiger partial charge in [0.1, 0.15) is 5.75 Å². The summed E-state index contributed by atoms with van der Waals surface area (Å²) in [4.78, 5) is 28.7. The third kappa shape index (κ3) is 4.91. The Morgan fingerprint density at radius 3 is 2.52 bits per heavy atom. The van der Waals surface area contributed by atoms with Gasteiger partial charge in [-0.2, -0.15) is 5.10 Å². The Balaban J connectivity index is 1.71. The van der Waals surface area contributed by atoms with Crippen molar-refractivity contribution < 1.29 is 32.6 Å².